The highest BCUT2D eigenvalue weighted by atomic mass is 32.2. The number of hydrogen-bond acceptors (Lipinski definition) is 2. The van der Waals surface area contributed by atoms with Crippen LogP contribution in [0, 0.1) is 0 Å². The molecule has 0 bridgehead atoms. The average molecular weight is 289 g/mol. The van der Waals surface area contributed by atoms with Gasteiger partial charge >= 0.3 is 0 Å². The van der Waals surface area contributed by atoms with Crippen LogP contribution in [0.1, 0.15) is 61.8 Å². The van der Waals surface area contributed by atoms with E-state index in [2.05, 4.69) is 36.7 Å². The van der Waals surface area contributed by atoms with Gasteiger partial charge in [0, 0.05) is 17.3 Å². The first kappa shape index (κ1) is 14.5. The zero-order valence-corrected chi connectivity index (χ0v) is 13.6. The van der Waals surface area contributed by atoms with Gasteiger partial charge in [0.15, 0.2) is 0 Å². The van der Waals surface area contributed by atoms with Crippen molar-refractivity contribution >= 4 is 11.8 Å². The van der Waals surface area contributed by atoms with Crippen LogP contribution in [-0.2, 0) is 12.8 Å². The van der Waals surface area contributed by atoms with Gasteiger partial charge in [-0.05, 0) is 74.8 Å². The van der Waals surface area contributed by atoms with Crippen LogP contribution in [0.2, 0.25) is 0 Å². The molecule has 1 aromatic rings. The van der Waals surface area contributed by atoms with Gasteiger partial charge in [-0.2, -0.15) is 11.8 Å². The molecule has 0 amide bonds. The standard InChI is InChI=1S/C18H27NS/c1-13(19-17-9-10-18(12-17)20-2)15-8-7-14-5-3-4-6-16(14)11-15/h7-8,11,13,17-19H,3-6,9-10,12H2,1-2H3. The smallest absolute Gasteiger partial charge is 0.0294 e. The number of benzene rings is 1. The number of rotatable bonds is 4. The first-order valence-electron chi connectivity index (χ1n) is 8.17. The van der Waals surface area contributed by atoms with E-state index in [1.807, 2.05) is 11.8 Å². The number of thioether (sulfide) groups is 1. The van der Waals surface area contributed by atoms with Crippen molar-refractivity contribution in [3.8, 4) is 0 Å². The summed E-state index contributed by atoms with van der Waals surface area (Å²) in [7, 11) is 0. The number of hydrogen-bond donors (Lipinski definition) is 1. The quantitative estimate of drug-likeness (QED) is 0.876. The highest BCUT2D eigenvalue weighted by molar-refractivity contribution is 7.99. The minimum Gasteiger partial charge on any atom is -0.307 e. The summed E-state index contributed by atoms with van der Waals surface area (Å²) in [5, 5.41) is 4.73. The molecular formula is C18H27NS. The lowest BCUT2D eigenvalue weighted by atomic mass is 9.89. The molecule has 110 valence electrons. The Morgan fingerprint density at radius 2 is 1.95 bits per heavy atom. The van der Waals surface area contributed by atoms with Crippen LogP contribution in [0.25, 0.3) is 0 Å². The van der Waals surface area contributed by atoms with Gasteiger partial charge in [0.2, 0.25) is 0 Å². The summed E-state index contributed by atoms with van der Waals surface area (Å²) in [6, 6.07) is 8.41. The Morgan fingerprint density at radius 1 is 1.15 bits per heavy atom. The van der Waals surface area contributed by atoms with Crippen LogP contribution < -0.4 is 5.32 Å². The fourth-order valence-electron chi connectivity index (χ4n) is 3.78. The van der Waals surface area contributed by atoms with Crippen LogP contribution in [0.4, 0.5) is 0 Å². The molecule has 2 aliphatic carbocycles. The predicted molar refractivity (Wildman–Crippen MR) is 89.6 cm³/mol. The van der Waals surface area contributed by atoms with Gasteiger partial charge in [-0.25, -0.2) is 0 Å². The molecule has 3 unspecified atom stereocenters. The maximum Gasteiger partial charge on any atom is 0.0294 e. The molecular weight excluding hydrogens is 262 g/mol. The first-order valence-corrected chi connectivity index (χ1v) is 9.45. The minimum atomic E-state index is 0.493. The highest BCUT2D eigenvalue weighted by Crippen LogP contribution is 2.30. The van der Waals surface area contributed by atoms with Gasteiger partial charge in [-0.1, -0.05) is 18.2 Å². The SMILES string of the molecule is CSC1CCC(NC(C)c2ccc3c(c2)CCCC3)C1. The summed E-state index contributed by atoms with van der Waals surface area (Å²) in [4.78, 5) is 0. The van der Waals surface area contributed by atoms with Gasteiger partial charge in [0.25, 0.3) is 0 Å². The number of fused-ring (bicyclic) bond motifs is 1. The Hall–Kier alpha value is -0.470. The van der Waals surface area contributed by atoms with Crippen LogP contribution in [0.15, 0.2) is 18.2 Å². The third-order valence-corrected chi connectivity index (χ3v) is 6.17. The zero-order chi connectivity index (χ0) is 13.9. The van der Waals surface area contributed by atoms with Crippen LogP contribution in [-0.4, -0.2) is 17.5 Å². The molecule has 0 aromatic heterocycles. The molecule has 0 spiro atoms. The Labute approximate surface area is 127 Å². The Kier molecular flexibility index (Phi) is 4.72. The molecule has 1 saturated carbocycles. The van der Waals surface area contributed by atoms with Crippen molar-refractivity contribution in [2.24, 2.45) is 0 Å². The normalized spacial score (nSPS) is 27.3. The Bertz CT molecular complexity index is 457. The molecule has 0 aliphatic heterocycles. The van der Waals surface area contributed by atoms with Gasteiger partial charge in [0.1, 0.15) is 0 Å². The van der Waals surface area contributed by atoms with E-state index in [1.165, 1.54) is 50.5 Å². The maximum absolute atomic E-state index is 3.85. The van der Waals surface area contributed by atoms with Crippen molar-refractivity contribution < 1.29 is 0 Å². The lowest BCUT2D eigenvalue weighted by Crippen LogP contribution is -2.29. The van der Waals surface area contributed by atoms with E-state index in [1.54, 1.807) is 11.1 Å². The topological polar surface area (TPSA) is 12.0 Å². The van der Waals surface area contributed by atoms with Crippen molar-refractivity contribution in [2.75, 3.05) is 6.26 Å². The van der Waals surface area contributed by atoms with E-state index in [4.69, 9.17) is 0 Å². The Balaban J connectivity index is 1.63. The molecule has 3 atom stereocenters. The van der Waals surface area contributed by atoms with Gasteiger partial charge in [0.05, 0.1) is 0 Å². The third-order valence-electron chi connectivity index (χ3n) is 5.08. The molecule has 0 radical (unpaired) electrons. The predicted octanol–water partition coefficient (Wildman–Crippen LogP) is 4.50. The second-order valence-corrected chi connectivity index (χ2v) is 7.63. The van der Waals surface area contributed by atoms with E-state index in [9.17, 15) is 0 Å². The van der Waals surface area contributed by atoms with Crippen molar-refractivity contribution in [3.05, 3.63) is 34.9 Å². The van der Waals surface area contributed by atoms with E-state index < -0.39 is 0 Å². The van der Waals surface area contributed by atoms with E-state index in [0.29, 0.717) is 6.04 Å². The number of aryl methyl sites for hydroxylation is 2. The molecule has 3 rings (SSSR count). The second kappa shape index (κ2) is 6.53. The Morgan fingerprint density at radius 3 is 2.70 bits per heavy atom. The monoisotopic (exact) mass is 289 g/mol. The van der Waals surface area contributed by atoms with Gasteiger partial charge in [-0.3, -0.25) is 0 Å². The molecule has 1 N–H and O–H groups in total. The minimum absolute atomic E-state index is 0.493. The molecule has 1 nitrogen and oxygen atoms in total. The van der Waals surface area contributed by atoms with E-state index in [0.717, 1.165) is 11.3 Å². The lowest BCUT2D eigenvalue weighted by molar-refractivity contribution is 0.461. The fourth-order valence-corrected chi connectivity index (χ4v) is 4.57. The maximum atomic E-state index is 3.85. The molecule has 1 aromatic carbocycles. The largest absolute Gasteiger partial charge is 0.307 e. The first-order chi connectivity index (χ1) is 9.76. The summed E-state index contributed by atoms with van der Waals surface area (Å²) in [6.07, 6.45) is 11.6. The van der Waals surface area contributed by atoms with Gasteiger partial charge in [-0.15, -0.1) is 0 Å². The van der Waals surface area contributed by atoms with E-state index >= 15 is 0 Å². The molecule has 0 saturated heterocycles. The summed E-state index contributed by atoms with van der Waals surface area (Å²) in [6.45, 7) is 2.33. The molecule has 2 heteroatoms. The van der Waals surface area contributed by atoms with Crippen molar-refractivity contribution in [1.29, 1.82) is 0 Å². The number of nitrogens with one attached hydrogen (secondary N) is 1. The van der Waals surface area contributed by atoms with E-state index in [-0.39, 0.29) is 0 Å². The lowest BCUT2D eigenvalue weighted by Gasteiger charge is -2.23. The van der Waals surface area contributed by atoms with Crippen LogP contribution >= 0.6 is 11.8 Å². The molecule has 0 heterocycles. The van der Waals surface area contributed by atoms with Crippen LogP contribution in [0.3, 0.4) is 0 Å². The van der Waals surface area contributed by atoms with Gasteiger partial charge < -0.3 is 5.32 Å². The molecule has 1 fully saturated rings. The average Bonchev–Trinajstić information content (AvgIpc) is 2.94. The summed E-state index contributed by atoms with van der Waals surface area (Å²) >= 11 is 2.04. The summed E-state index contributed by atoms with van der Waals surface area (Å²) < 4.78 is 0. The fraction of sp³-hybridized carbons (Fsp3) is 0.667. The highest BCUT2D eigenvalue weighted by Gasteiger charge is 2.25. The molecule has 20 heavy (non-hydrogen) atoms. The van der Waals surface area contributed by atoms with Crippen LogP contribution in [0.5, 0.6) is 0 Å². The second-order valence-electron chi connectivity index (χ2n) is 6.49. The van der Waals surface area contributed by atoms with Crippen molar-refractivity contribution in [2.45, 2.75) is 69.2 Å². The van der Waals surface area contributed by atoms with Crippen molar-refractivity contribution in [3.63, 3.8) is 0 Å². The summed E-state index contributed by atoms with van der Waals surface area (Å²) in [5.41, 5.74) is 4.68. The zero-order valence-electron chi connectivity index (χ0n) is 12.8. The molecule has 2 aliphatic rings. The van der Waals surface area contributed by atoms with Crippen molar-refractivity contribution in [1.82, 2.24) is 5.32 Å². The summed E-state index contributed by atoms with van der Waals surface area (Å²) in [5.74, 6) is 0. The third kappa shape index (κ3) is 3.23.